The molecule has 0 aliphatic rings. The van der Waals surface area contributed by atoms with Gasteiger partial charge in [0.05, 0.1) is 34.6 Å². The number of aromatic amines is 2. The third-order valence-corrected chi connectivity index (χ3v) is 5.73. The van der Waals surface area contributed by atoms with Crippen LogP contribution >= 0.6 is 0 Å². The first kappa shape index (κ1) is 20.1. The zero-order chi connectivity index (χ0) is 22.9. The molecule has 0 aromatic carbocycles. The van der Waals surface area contributed by atoms with Gasteiger partial charge in [-0.2, -0.15) is 5.10 Å². The summed E-state index contributed by atoms with van der Waals surface area (Å²) in [6.45, 7) is 3.76. The smallest absolute Gasteiger partial charge is 0.159 e. The van der Waals surface area contributed by atoms with E-state index in [1.54, 1.807) is 24.8 Å². The summed E-state index contributed by atoms with van der Waals surface area (Å²) < 4.78 is 0. The lowest BCUT2D eigenvalue weighted by atomic mass is 10.1. The Balaban J connectivity index is 1.44. The molecule has 6 rings (SSSR count). The van der Waals surface area contributed by atoms with E-state index in [-0.39, 0.29) is 0 Å². The first-order valence-electron chi connectivity index (χ1n) is 11.0. The van der Waals surface area contributed by atoms with Crippen molar-refractivity contribution in [3.8, 4) is 33.9 Å². The van der Waals surface area contributed by atoms with Crippen molar-refractivity contribution in [2.75, 3.05) is 6.54 Å². The van der Waals surface area contributed by atoms with Crippen molar-refractivity contribution in [1.29, 1.82) is 0 Å². The number of rotatable bonds is 6. The molecule has 0 amide bonds. The summed E-state index contributed by atoms with van der Waals surface area (Å²) in [5, 5.41) is 11.9. The highest BCUT2D eigenvalue weighted by molar-refractivity contribution is 5.97. The molecular weight excluding hydrogens is 426 g/mol. The maximum Gasteiger partial charge on any atom is 0.159 e. The fourth-order valence-electron chi connectivity index (χ4n) is 4.04. The number of nitrogens with zero attached hydrogens (tertiary/aromatic N) is 6. The number of imidazole rings is 1. The normalized spacial score (nSPS) is 11.4. The molecule has 0 bridgehead atoms. The van der Waals surface area contributed by atoms with Gasteiger partial charge in [0.25, 0.3) is 0 Å². The van der Waals surface area contributed by atoms with Crippen LogP contribution in [0.3, 0.4) is 0 Å². The Labute approximate surface area is 194 Å². The van der Waals surface area contributed by atoms with Gasteiger partial charge in [-0.15, -0.1) is 0 Å². The van der Waals surface area contributed by atoms with Crippen molar-refractivity contribution in [2.24, 2.45) is 0 Å². The van der Waals surface area contributed by atoms with E-state index >= 15 is 0 Å². The van der Waals surface area contributed by atoms with Gasteiger partial charge in [0, 0.05) is 54.0 Å². The predicted molar refractivity (Wildman–Crippen MR) is 131 cm³/mol. The first-order chi connectivity index (χ1) is 16.8. The fourth-order valence-corrected chi connectivity index (χ4v) is 4.04. The molecule has 9 heteroatoms. The summed E-state index contributed by atoms with van der Waals surface area (Å²) in [7, 11) is 0. The van der Waals surface area contributed by atoms with Gasteiger partial charge in [-0.1, -0.05) is 6.92 Å². The van der Waals surface area contributed by atoms with Crippen LogP contribution in [-0.2, 0) is 6.54 Å². The second-order valence-electron chi connectivity index (χ2n) is 7.95. The SMILES string of the molecule is CCNCc1cncc(-c2cc3c(-c4nc5c(-c6ccncc6)cncc5[nH]4)n[nH]c3cn2)c1. The third-order valence-electron chi connectivity index (χ3n) is 5.73. The molecule has 0 unspecified atom stereocenters. The van der Waals surface area contributed by atoms with E-state index < -0.39 is 0 Å². The summed E-state index contributed by atoms with van der Waals surface area (Å²) in [6, 6.07) is 8.03. The molecule has 0 atom stereocenters. The highest BCUT2D eigenvalue weighted by Crippen LogP contribution is 2.31. The molecular formula is C25H21N9. The maximum atomic E-state index is 4.89. The van der Waals surface area contributed by atoms with Gasteiger partial charge >= 0.3 is 0 Å². The summed E-state index contributed by atoms with van der Waals surface area (Å²) in [4.78, 5) is 25.8. The van der Waals surface area contributed by atoms with Crippen LogP contribution in [0.15, 0.2) is 67.6 Å². The van der Waals surface area contributed by atoms with E-state index in [2.05, 4.69) is 53.4 Å². The molecule has 0 saturated carbocycles. The van der Waals surface area contributed by atoms with Gasteiger partial charge in [-0.25, -0.2) is 4.98 Å². The minimum absolute atomic E-state index is 0.667. The molecule has 0 saturated heterocycles. The van der Waals surface area contributed by atoms with Crippen molar-refractivity contribution >= 4 is 21.9 Å². The van der Waals surface area contributed by atoms with Crippen LogP contribution < -0.4 is 5.32 Å². The molecule has 0 fully saturated rings. The van der Waals surface area contributed by atoms with Gasteiger partial charge in [0.1, 0.15) is 5.69 Å². The van der Waals surface area contributed by atoms with Crippen LogP contribution in [0.5, 0.6) is 0 Å². The van der Waals surface area contributed by atoms with E-state index in [0.717, 1.165) is 68.7 Å². The highest BCUT2D eigenvalue weighted by Gasteiger charge is 2.16. The van der Waals surface area contributed by atoms with Crippen molar-refractivity contribution < 1.29 is 0 Å². The van der Waals surface area contributed by atoms with Crippen LogP contribution in [0.4, 0.5) is 0 Å². The molecule has 0 radical (unpaired) electrons. The Morgan fingerprint density at radius 1 is 0.882 bits per heavy atom. The molecule has 3 N–H and O–H groups in total. The Morgan fingerprint density at radius 3 is 2.65 bits per heavy atom. The van der Waals surface area contributed by atoms with Crippen LogP contribution in [-0.4, -0.2) is 46.6 Å². The van der Waals surface area contributed by atoms with E-state index in [4.69, 9.17) is 4.98 Å². The topological polar surface area (TPSA) is 121 Å². The molecule has 34 heavy (non-hydrogen) atoms. The summed E-state index contributed by atoms with van der Waals surface area (Å²) in [5.41, 5.74) is 8.09. The van der Waals surface area contributed by atoms with E-state index in [0.29, 0.717) is 5.82 Å². The quantitative estimate of drug-likeness (QED) is 0.351. The average Bonchev–Trinajstić information content (AvgIpc) is 3.51. The molecule has 9 nitrogen and oxygen atoms in total. The zero-order valence-electron chi connectivity index (χ0n) is 18.4. The number of fused-ring (bicyclic) bond motifs is 2. The lowest BCUT2D eigenvalue weighted by molar-refractivity contribution is 0.724. The molecule has 0 spiro atoms. The Morgan fingerprint density at radius 2 is 1.76 bits per heavy atom. The first-order valence-corrected chi connectivity index (χ1v) is 11.0. The number of H-pyrrole nitrogens is 2. The number of hydrogen-bond acceptors (Lipinski definition) is 7. The Bertz CT molecular complexity index is 1600. The number of aromatic nitrogens is 8. The lowest BCUT2D eigenvalue weighted by Crippen LogP contribution is -2.11. The Kier molecular flexibility index (Phi) is 5.00. The predicted octanol–water partition coefficient (Wildman–Crippen LogP) is 4.13. The standard InChI is InChI=1S/C25H21N9/c1-2-26-9-15-7-17(11-28-10-15)20-8-18-21(14-30-20)33-34-24(18)25-31-22-13-29-12-19(23(22)32-25)16-3-5-27-6-4-16/h3-8,10-14,26H,2,9H2,1H3,(H,31,32)(H,33,34). The highest BCUT2D eigenvalue weighted by atomic mass is 15.1. The number of pyridine rings is 4. The Hall–Kier alpha value is -4.50. The second kappa shape index (κ2) is 8.45. The van der Waals surface area contributed by atoms with Gasteiger partial charge in [-0.05, 0) is 41.9 Å². The van der Waals surface area contributed by atoms with Crippen molar-refractivity contribution in [2.45, 2.75) is 13.5 Å². The zero-order valence-corrected chi connectivity index (χ0v) is 18.4. The largest absolute Gasteiger partial charge is 0.335 e. The lowest BCUT2D eigenvalue weighted by Gasteiger charge is -2.05. The van der Waals surface area contributed by atoms with Crippen molar-refractivity contribution in [3.63, 3.8) is 0 Å². The molecule has 6 aromatic rings. The number of hydrogen-bond donors (Lipinski definition) is 3. The minimum atomic E-state index is 0.667. The fraction of sp³-hybridized carbons (Fsp3) is 0.120. The number of nitrogens with one attached hydrogen (secondary N) is 3. The summed E-state index contributed by atoms with van der Waals surface area (Å²) in [5.74, 6) is 0.667. The molecule has 0 aliphatic heterocycles. The van der Waals surface area contributed by atoms with E-state index in [1.807, 2.05) is 36.8 Å². The average molecular weight is 448 g/mol. The van der Waals surface area contributed by atoms with E-state index in [1.165, 1.54) is 0 Å². The molecule has 166 valence electrons. The van der Waals surface area contributed by atoms with Gasteiger partial charge in [0.15, 0.2) is 5.82 Å². The second-order valence-corrected chi connectivity index (χ2v) is 7.95. The third kappa shape index (κ3) is 3.57. The van der Waals surface area contributed by atoms with Crippen LogP contribution in [0.1, 0.15) is 12.5 Å². The van der Waals surface area contributed by atoms with E-state index in [9.17, 15) is 0 Å². The monoisotopic (exact) mass is 447 g/mol. The van der Waals surface area contributed by atoms with Gasteiger partial charge in [0.2, 0.25) is 0 Å². The van der Waals surface area contributed by atoms with Crippen LogP contribution in [0.25, 0.3) is 55.8 Å². The van der Waals surface area contributed by atoms with Crippen molar-refractivity contribution in [1.82, 2.24) is 45.4 Å². The summed E-state index contributed by atoms with van der Waals surface area (Å²) >= 11 is 0. The molecule has 6 aromatic heterocycles. The molecule has 6 heterocycles. The molecule has 0 aliphatic carbocycles. The maximum absolute atomic E-state index is 4.89. The summed E-state index contributed by atoms with van der Waals surface area (Å²) in [6.07, 6.45) is 12.6. The van der Waals surface area contributed by atoms with Crippen molar-refractivity contribution in [3.05, 3.63) is 73.2 Å². The van der Waals surface area contributed by atoms with Gasteiger partial charge < -0.3 is 10.3 Å². The van der Waals surface area contributed by atoms with Crippen LogP contribution in [0, 0.1) is 0 Å². The van der Waals surface area contributed by atoms with Gasteiger partial charge in [-0.3, -0.25) is 25.0 Å². The van der Waals surface area contributed by atoms with Crippen LogP contribution in [0.2, 0.25) is 0 Å². The minimum Gasteiger partial charge on any atom is -0.335 e.